The standard InChI is InChI=1S/C28H30N6O3S/c1-33(2)25(35)17-34-16-21(15-32-34)26-27(23(29)10-12-31-26)37-13-11-18-4-6-19(7-5-18)22-14-20(28(30)36)8-9-24(22)38-3/h4-10,12,14-16H,11,13,17H2,1-3H3,(H2,29,31)(H2,30,36). The van der Waals surface area contributed by atoms with Crippen molar-refractivity contribution in [2.24, 2.45) is 5.73 Å². The molecule has 0 spiro atoms. The van der Waals surface area contributed by atoms with Gasteiger partial charge in [-0.25, -0.2) is 0 Å². The number of rotatable bonds is 10. The van der Waals surface area contributed by atoms with Gasteiger partial charge in [0.25, 0.3) is 0 Å². The molecule has 9 nitrogen and oxygen atoms in total. The summed E-state index contributed by atoms with van der Waals surface area (Å²) in [6.07, 6.45) is 7.68. The molecule has 0 unspecified atom stereocenters. The first-order valence-corrected chi connectivity index (χ1v) is 13.2. The lowest BCUT2D eigenvalue weighted by Gasteiger charge is -2.13. The Labute approximate surface area is 225 Å². The van der Waals surface area contributed by atoms with Gasteiger partial charge in [-0.05, 0) is 47.2 Å². The molecule has 10 heteroatoms. The molecule has 2 aromatic carbocycles. The molecule has 0 saturated heterocycles. The molecular weight excluding hydrogens is 500 g/mol. The zero-order valence-electron chi connectivity index (χ0n) is 21.5. The lowest BCUT2D eigenvalue weighted by molar-refractivity contribution is -0.129. The van der Waals surface area contributed by atoms with Crippen LogP contribution in [0.2, 0.25) is 0 Å². The van der Waals surface area contributed by atoms with E-state index in [0.717, 1.165) is 21.6 Å². The lowest BCUT2D eigenvalue weighted by atomic mass is 10.0. The van der Waals surface area contributed by atoms with Gasteiger partial charge in [0.15, 0.2) is 5.75 Å². The summed E-state index contributed by atoms with van der Waals surface area (Å²) in [6.45, 7) is 0.523. The van der Waals surface area contributed by atoms with Gasteiger partial charge in [0.2, 0.25) is 11.8 Å². The first-order chi connectivity index (χ1) is 18.3. The molecule has 4 aromatic rings. The van der Waals surface area contributed by atoms with Crippen LogP contribution in [0, 0.1) is 0 Å². The fourth-order valence-corrected chi connectivity index (χ4v) is 4.48. The fraction of sp³-hybridized carbons (Fsp3) is 0.214. The number of nitrogens with zero attached hydrogens (tertiary/aromatic N) is 4. The Morgan fingerprint density at radius 2 is 1.84 bits per heavy atom. The van der Waals surface area contributed by atoms with Crippen LogP contribution < -0.4 is 16.2 Å². The van der Waals surface area contributed by atoms with E-state index in [4.69, 9.17) is 16.2 Å². The highest BCUT2D eigenvalue weighted by molar-refractivity contribution is 7.98. The van der Waals surface area contributed by atoms with Crippen LogP contribution in [0.1, 0.15) is 15.9 Å². The van der Waals surface area contributed by atoms with Crippen LogP contribution in [0.3, 0.4) is 0 Å². The van der Waals surface area contributed by atoms with Gasteiger partial charge in [0.05, 0.1) is 18.5 Å². The molecule has 0 aliphatic carbocycles. The predicted molar refractivity (Wildman–Crippen MR) is 150 cm³/mol. The van der Waals surface area contributed by atoms with E-state index in [9.17, 15) is 9.59 Å². The zero-order chi connectivity index (χ0) is 27.2. The Bertz CT molecular complexity index is 1450. The number of aromatic nitrogens is 3. The number of nitrogen functional groups attached to an aromatic ring is 1. The van der Waals surface area contributed by atoms with Crippen molar-refractivity contribution in [3.63, 3.8) is 0 Å². The summed E-state index contributed by atoms with van der Waals surface area (Å²) in [4.78, 5) is 30.7. The molecule has 196 valence electrons. The third-order valence-electron chi connectivity index (χ3n) is 6.02. The van der Waals surface area contributed by atoms with Gasteiger partial charge in [-0.15, -0.1) is 11.8 Å². The van der Waals surface area contributed by atoms with Gasteiger partial charge in [0, 0.05) is 48.9 Å². The third-order valence-corrected chi connectivity index (χ3v) is 6.82. The second-order valence-electron chi connectivity index (χ2n) is 8.87. The van der Waals surface area contributed by atoms with Crippen LogP contribution in [0.5, 0.6) is 5.75 Å². The van der Waals surface area contributed by atoms with Crippen LogP contribution in [-0.4, -0.2) is 58.4 Å². The van der Waals surface area contributed by atoms with Gasteiger partial charge >= 0.3 is 0 Å². The molecular formula is C28H30N6O3S. The van der Waals surface area contributed by atoms with Crippen molar-refractivity contribution in [3.05, 3.63) is 78.2 Å². The largest absolute Gasteiger partial charge is 0.489 e. The molecule has 2 heterocycles. The number of thioether (sulfide) groups is 1. The maximum absolute atomic E-state index is 12.0. The van der Waals surface area contributed by atoms with Crippen molar-refractivity contribution in [3.8, 4) is 28.1 Å². The number of nitrogens with two attached hydrogens (primary N) is 2. The smallest absolute Gasteiger partial charge is 0.248 e. The van der Waals surface area contributed by atoms with Crippen molar-refractivity contribution in [1.29, 1.82) is 0 Å². The van der Waals surface area contributed by atoms with Gasteiger partial charge in [-0.2, -0.15) is 5.10 Å². The fourth-order valence-electron chi connectivity index (χ4n) is 3.88. The number of anilines is 1. The van der Waals surface area contributed by atoms with Crippen LogP contribution in [-0.2, 0) is 17.8 Å². The molecule has 38 heavy (non-hydrogen) atoms. The summed E-state index contributed by atoms with van der Waals surface area (Å²) in [5.74, 6) is -0.0282. The molecule has 0 saturated carbocycles. The van der Waals surface area contributed by atoms with Crippen molar-refractivity contribution < 1.29 is 14.3 Å². The summed E-state index contributed by atoms with van der Waals surface area (Å²) in [7, 11) is 3.41. The highest BCUT2D eigenvalue weighted by Gasteiger charge is 2.15. The quantitative estimate of drug-likeness (QED) is 0.299. The highest BCUT2D eigenvalue weighted by atomic mass is 32.2. The van der Waals surface area contributed by atoms with Crippen LogP contribution >= 0.6 is 11.8 Å². The van der Waals surface area contributed by atoms with E-state index >= 15 is 0 Å². The monoisotopic (exact) mass is 530 g/mol. The average molecular weight is 531 g/mol. The highest BCUT2D eigenvalue weighted by Crippen LogP contribution is 2.34. The van der Waals surface area contributed by atoms with E-state index in [0.29, 0.717) is 41.3 Å². The maximum Gasteiger partial charge on any atom is 0.248 e. The number of carbonyl (C=O) groups excluding carboxylic acids is 2. The molecule has 0 aliphatic heterocycles. The predicted octanol–water partition coefficient (Wildman–Crippen LogP) is 3.72. The summed E-state index contributed by atoms with van der Waals surface area (Å²) >= 11 is 1.62. The number of carbonyl (C=O) groups is 2. The molecule has 4 rings (SSSR count). The minimum atomic E-state index is -0.448. The van der Waals surface area contributed by atoms with Crippen molar-refractivity contribution in [1.82, 2.24) is 19.7 Å². The van der Waals surface area contributed by atoms with Gasteiger partial charge in [-0.1, -0.05) is 24.3 Å². The Balaban J connectivity index is 1.46. The maximum atomic E-state index is 12.0. The SMILES string of the molecule is CSc1ccc(C(N)=O)cc1-c1ccc(CCOc2c(N)ccnc2-c2cnn(CC(=O)N(C)C)c2)cc1. The normalized spacial score (nSPS) is 10.8. The molecule has 0 aliphatic rings. The Morgan fingerprint density at radius 3 is 2.53 bits per heavy atom. The van der Waals surface area contributed by atoms with Crippen LogP contribution in [0.4, 0.5) is 5.69 Å². The molecule has 0 atom stereocenters. The molecule has 2 aromatic heterocycles. The number of amides is 2. The van der Waals surface area contributed by atoms with Crippen molar-refractivity contribution in [2.75, 3.05) is 32.7 Å². The second-order valence-corrected chi connectivity index (χ2v) is 9.72. The van der Waals surface area contributed by atoms with Crippen LogP contribution in [0.15, 0.2) is 72.0 Å². The van der Waals surface area contributed by atoms with Gasteiger partial charge in [-0.3, -0.25) is 19.3 Å². The average Bonchev–Trinajstić information content (AvgIpc) is 3.37. The van der Waals surface area contributed by atoms with E-state index in [1.165, 1.54) is 4.90 Å². The number of likely N-dealkylation sites (N-methyl/N-ethyl adjacent to an activating group) is 1. The van der Waals surface area contributed by atoms with Crippen molar-refractivity contribution in [2.45, 2.75) is 17.9 Å². The van der Waals surface area contributed by atoms with Crippen LogP contribution in [0.25, 0.3) is 22.4 Å². The molecule has 0 radical (unpaired) electrons. The number of primary amides is 1. The first-order valence-electron chi connectivity index (χ1n) is 11.9. The molecule has 0 bridgehead atoms. The third kappa shape index (κ3) is 6.15. The molecule has 4 N–H and O–H groups in total. The number of benzene rings is 2. The van der Waals surface area contributed by atoms with E-state index in [1.807, 2.05) is 42.7 Å². The van der Waals surface area contributed by atoms with Crippen molar-refractivity contribution >= 4 is 29.3 Å². The minimum absolute atomic E-state index is 0.0621. The summed E-state index contributed by atoms with van der Waals surface area (Å²) < 4.78 is 7.66. The summed E-state index contributed by atoms with van der Waals surface area (Å²) in [5.41, 5.74) is 17.0. The second kappa shape index (κ2) is 11.8. The summed E-state index contributed by atoms with van der Waals surface area (Å²) in [6, 6.07) is 15.3. The number of pyridine rings is 1. The minimum Gasteiger partial charge on any atom is -0.489 e. The molecule has 0 fully saturated rings. The Morgan fingerprint density at radius 1 is 1.08 bits per heavy atom. The number of ether oxygens (including phenoxy) is 1. The molecule has 2 amide bonds. The topological polar surface area (TPSA) is 129 Å². The van der Waals surface area contributed by atoms with E-state index in [2.05, 4.69) is 10.1 Å². The van der Waals surface area contributed by atoms with Gasteiger partial charge < -0.3 is 21.1 Å². The summed E-state index contributed by atoms with van der Waals surface area (Å²) in [5, 5.41) is 4.28. The Hall–Kier alpha value is -4.31. The van der Waals surface area contributed by atoms with E-state index in [-0.39, 0.29) is 12.5 Å². The number of hydrogen-bond acceptors (Lipinski definition) is 7. The number of hydrogen-bond donors (Lipinski definition) is 2. The first kappa shape index (κ1) is 26.7. The Kier molecular flexibility index (Phi) is 8.32. The zero-order valence-corrected chi connectivity index (χ0v) is 22.4. The van der Waals surface area contributed by atoms with E-state index in [1.54, 1.807) is 61.3 Å². The van der Waals surface area contributed by atoms with E-state index < -0.39 is 5.91 Å². The van der Waals surface area contributed by atoms with Gasteiger partial charge in [0.1, 0.15) is 12.2 Å². The lowest BCUT2D eigenvalue weighted by Crippen LogP contribution is -2.26.